The van der Waals surface area contributed by atoms with Gasteiger partial charge in [0.2, 0.25) is 0 Å². The predicted molar refractivity (Wildman–Crippen MR) is 148 cm³/mol. The second kappa shape index (κ2) is 13.3. The molecule has 1 aliphatic rings. The van der Waals surface area contributed by atoms with Crippen LogP contribution in [0.1, 0.15) is 61.4 Å². The molecule has 0 spiro atoms. The molecule has 4 rings (SSSR count). The Balaban J connectivity index is 1.67. The minimum Gasteiger partial charge on any atom is -0.493 e. The normalized spacial score (nSPS) is 19.1. The van der Waals surface area contributed by atoms with Crippen LogP contribution in [-0.4, -0.2) is 22.6 Å². The number of anilines is 1. The van der Waals surface area contributed by atoms with Crippen LogP contribution in [0.4, 0.5) is 5.82 Å². The number of benzene rings is 2. The lowest BCUT2D eigenvalue weighted by Gasteiger charge is -2.15. The number of aromatic nitrogens is 2. The van der Waals surface area contributed by atoms with Gasteiger partial charge in [-0.25, -0.2) is 4.99 Å². The molecule has 0 amide bonds. The van der Waals surface area contributed by atoms with Crippen molar-refractivity contribution >= 4 is 11.7 Å². The van der Waals surface area contributed by atoms with E-state index in [-0.39, 0.29) is 0 Å². The van der Waals surface area contributed by atoms with Gasteiger partial charge in [-0.15, -0.1) is 0 Å². The van der Waals surface area contributed by atoms with Crippen molar-refractivity contribution in [1.29, 1.82) is 0 Å². The molecule has 2 heterocycles. The number of aromatic amines is 1. The van der Waals surface area contributed by atoms with Crippen LogP contribution >= 0.6 is 0 Å². The summed E-state index contributed by atoms with van der Waals surface area (Å²) in [5.41, 5.74) is 4.37. The summed E-state index contributed by atoms with van der Waals surface area (Å²) in [4.78, 5) is 5.04. The number of allylic oxidation sites excluding steroid dienone is 3. The highest BCUT2D eigenvalue weighted by Gasteiger charge is 2.11. The molecule has 6 nitrogen and oxygen atoms in total. The molecule has 0 saturated carbocycles. The molecule has 0 aliphatic carbocycles. The maximum Gasteiger partial charge on any atom is 0.153 e. The largest absolute Gasteiger partial charge is 0.493 e. The van der Waals surface area contributed by atoms with Crippen LogP contribution < -0.4 is 15.4 Å². The van der Waals surface area contributed by atoms with Crippen molar-refractivity contribution in [3.63, 3.8) is 0 Å². The van der Waals surface area contributed by atoms with Crippen LogP contribution in [0.3, 0.4) is 0 Å². The molecule has 3 N–H and O–H groups in total. The van der Waals surface area contributed by atoms with Crippen molar-refractivity contribution in [3.05, 3.63) is 101 Å². The van der Waals surface area contributed by atoms with E-state index in [2.05, 4.69) is 83.2 Å². The van der Waals surface area contributed by atoms with Crippen molar-refractivity contribution < 1.29 is 4.74 Å². The number of aryl methyl sites for hydroxylation is 1. The van der Waals surface area contributed by atoms with E-state index >= 15 is 0 Å². The number of hydrogen-bond acceptors (Lipinski definition) is 5. The topological polar surface area (TPSA) is 74.3 Å². The quantitative estimate of drug-likeness (QED) is 0.356. The first-order valence-electron chi connectivity index (χ1n) is 13.0. The van der Waals surface area contributed by atoms with Crippen molar-refractivity contribution in [3.8, 4) is 5.75 Å². The Morgan fingerprint density at radius 1 is 1.00 bits per heavy atom. The first-order chi connectivity index (χ1) is 17.7. The van der Waals surface area contributed by atoms with E-state index in [1.54, 1.807) is 0 Å². The lowest BCUT2D eigenvalue weighted by molar-refractivity contribution is 0.302. The van der Waals surface area contributed by atoms with Crippen LogP contribution in [0.2, 0.25) is 0 Å². The average molecular weight is 484 g/mol. The monoisotopic (exact) mass is 483 g/mol. The summed E-state index contributed by atoms with van der Waals surface area (Å²) in [6.07, 6.45) is 12.7. The molecule has 0 fully saturated rings. The summed E-state index contributed by atoms with van der Waals surface area (Å²) in [5, 5.41) is 14.7. The molecule has 6 heteroatoms. The fraction of sp³-hybridized carbons (Fsp3) is 0.333. The van der Waals surface area contributed by atoms with E-state index in [1.807, 2.05) is 24.3 Å². The molecule has 3 aromatic rings. The summed E-state index contributed by atoms with van der Waals surface area (Å²) >= 11 is 0. The van der Waals surface area contributed by atoms with E-state index in [1.165, 1.54) is 6.42 Å². The van der Waals surface area contributed by atoms with E-state index in [4.69, 9.17) is 9.73 Å². The Bertz CT molecular complexity index is 1210. The molecule has 36 heavy (non-hydrogen) atoms. The zero-order chi connectivity index (χ0) is 25.0. The molecule has 0 unspecified atom stereocenters. The van der Waals surface area contributed by atoms with Crippen molar-refractivity contribution in [1.82, 2.24) is 15.5 Å². The number of amidine groups is 1. The Morgan fingerprint density at radius 3 is 2.75 bits per heavy atom. The smallest absolute Gasteiger partial charge is 0.153 e. The molecule has 2 aromatic carbocycles. The van der Waals surface area contributed by atoms with E-state index < -0.39 is 0 Å². The molecular formula is C30H37N5O. The highest BCUT2D eigenvalue weighted by molar-refractivity contribution is 6.09. The Labute approximate surface area is 214 Å². The van der Waals surface area contributed by atoms with Gasteiger partial charge in [-0.2, -0.15) is 5.10 Å². The summed E-state index contributed by atoms with van der Waals surface area (Å²) in [7, 11) is 0. The van der Waals surface area contributed by atoms with E-state index in [0.717, 1.165) is 84.3 Å². The van der Waals surface area contributed by atoms with Gasteiger partial charge in [0.25, 0.3) is 0 Å². The number of para-hydroxylation sites is 1. The van der Waals surface area contributed by atoms with Crippen molar-refractivity contribution in [2.45, 2.75) is 58.9 Å². The third kappa shape index (κ3) is 7.35. The number of ether oxygens (including phenoxy) is 1. The minimum atomic E-state index is 0.629. The van der Waals surface area contributed by atoms with Gasteiger partial charge in [0.1, 0.15) is 17.4 Å². The number of H-pyrrole nitrogens is 1. The zero-order valence-electron chi connectivity index (χ0n) is 21.4. The van der Waals surface area contributed by atoms with Gasteiger partial charge in [-0.05, 0) is 56.7 Å². The average Bonchev–Trinajstić information content (AvgIpc) is 3.33. The molecule has 188 valence electrons. The van der Waals surface area contributed by atoms with Gasteiger partial charge in [0.05, 0.1) is 6.61 Å². The van der Waals surface area contributed by atoms with Crippen molar-refractivity contribution in [2.24, 2.45) is 4.99 Å². The number of rotatable bonds is 2. The highest BCUT2D eigenvalue weighted by Crippen LogP contribution is 2.20. The lowest BCUT2D eigenvalue weighted by atomic mass is 10.1. The van der Waals surface area contributed by atoms with Gasteiger partial charge in [-0.3, -0.25) is 5.10 Å². The first-order valence-corrected chi connectivity index (χ1v) is 13.0. The number of fused-ring (bicyclic) bond motifs is 3. The van der Waals surface area contributed by atoms with Crippen LogP contribution in [0.5, 0.6) is 5.75 Å². The standard InChI is InChI=1S/C30H37N5O/c1-3-14-28-31-22-24-16-10-12-19-27(24)36-20-13-7-5-4-6-8-17-25-21-29(35-34-25)33-30(32-28)26-18-11-9-15-23(26)2/h6,8-12,14-16,18-19,21,31H,3-5,7,13,17,20,22H2,1-2H3,(H2,32,33,34,35)/b8-6-,28-14+. The zero-order valence-corrected chi connectivity index (χ0v) is 21.4. The second-order valence-electron chi connectivity index (χ2n) is 9.01. The Morgan fingerprint density at radius 2 is 1.86 bits per heavy atom. The molecule has 0 saturated heterocycles. The van der Waals surface area contributed by atoms with Gasteiger partial charge in [-0.1, -0.05) is 61.5 Å². The van der Waals surface area contributed by atoms with E-state index in [0.29, 0.717) is 6.54 Å². The molecule has 1 aliphatic heterocycles. The first kappa shape index (κ1) is 25.3. The van der Waals surface area contributed by atoms with Gasteiger partial charge in [0.15, 0.2) is 5.82 Å². The third-order valence-electron chi connectivity index (χ3n) is 6.12. The number of aliphatic imine (C=N–C) groups is 1. The molecule has 1 aromatic heterocycles. The highest BCUT2D eigenvalue weighted by atomic mass is 16.5. The third-order valence-corrected chi connectivity index (χ3v) is 6.12. The maximum atomic E-state index is 6.15. The molecular weight excluding hydrogens is 446 g/mol. The second-order valence-corrected chi connectivity index (χ2v) is 9.01. The SMILES string of the molecule is CC/C=C1/N=C(\c2ccccc2C)Nc2cc([nH]n2)C/C=C\CCCCCOc2ccccc2CN1. The van der Waals surface area contributed by atoms with Gasteiger partial charge < -0.3 is 15.4 Å². The van der Waals surface area contributed by atoms with Crippen LogP contribution in [0.25, 0.3) is 0 Å². The number of nitrogens with one attached hydrogen (secondary N) is 3. The van der Waals surface area contributed by atoms with E-state index in [9.17, 15) is 0 Å². The fourth-order valence-corrected chi connectivity index (χ4v) is 4.14. The van der Waals surface area contributed by atoms with Crippen LogP contribution in [0, 0.1) is 6.92 Å². The number of nitrogens with zero attached hydrogens (tertiary/aromatic N) is 2. The Kier molecular flexibility index (Phi) is 9.37. The van der Waals surface area contributed by atoms with Gasteiger partial charge in [0, 0.05) is 35.9 Å². The summed E-state index contributed by atoms with van der Waals surface area (Å²) in [5.74, 6) is 3.25. The Hall–Kier alpha value is -3.80. The fourth-order valence-electron chi connectivity index (χ4n) is 4.14. The lowest BCUT2D eigenvalue weighted by Crippen LogP contribution is -2.20. The van der Waals surface area contributed by atoms with Crippen LogP contribution in [-0.2, 0) is 13.0 Å². The van der Waals surface area contributed by atoms with Crippen molar-refractivity contribution in [2.75, 3.05) is 11.9 Å². The van der Waals surface area contributed by atoms with Gasteiger partial charge >= 0.3 is 0 Å². The summed E-state index contributed by atoms with van der Waals surface area (Å²) in [6, 6.07) is 18.6. The maximum absolute atomic E-state index is 6.15. The number of hydrogen-bond donors (Lipinski definition) is 3. The molecule has 0 atom stereocenters. The molecule has 2 bridgehead atoms. The minimum absolute atomic E-state index is 0.629. The summed E-state index contributed by atoms with van der Waals surface area (Å²) in [6.45, 7) is 5.58. The predicted octanol–water partition coefficient (Wildman–Crippen LogP) is 6.67. The summed E-state index contributed by atoms with van der Waals surface area (Å²) < 4.78 is 6.15. The molecule has 0 radical (unpaired) electrons. The van der Waals surface area contributed by atoms with Crippen LogP contribution in [0.15, 0.2) is 83.6 Å².